The summed E-state index contributed by atoms with van der Waals surface area (Å²) in [6.45, 7) is 9.48. The van der Waals surface area contributed by atoms with Crippen LogP contribution in [-0.4, -0.2) is 46.3 Å². The summed E-state index contributed by atoms with van der Waals surface area (Å²) in [6.07, 6.45) is 3.96. The van der Waals surface area contributed by atoms with Crippen LogP contribution in [0.2, 0.25) is 0 Å². The molecule has 6 nitrogen and oxygen atoms in total. The topological polar surface area (TPSA) is 64.4 Å². The molecule has 6 heteroatoms. The van der Waals surface area contributed by atoms with Gasteiger partial charge in [-0.25, -0.2) is 4.68 Å². The summed E-state index contributed by atoms with van der Waals surface area (Å²) in [7, 11) is 0. The van der Waals surface area contributed by atoms with E-state index in [1.165, 1.54) is 5.56 Å². The molecule has 0 saturated carbocycles. The first-order valence-electron chi connectivity index (χ1n) is 11.1. The van der Waals surface area contributed by atoms with Crippen molar-refractivity contribution in [3.8, 4) is 5.69 Å². The van der Waals surface area contributed by atoms with Crippen LogP contribution in [0.5, 0.6) is 0 Å². The summed E-state index contributed by atoms with van der Waals surface area (Å²) in [5.41, 5.74) is 4.65. The lowest BCUT2D eigenvalue weighted by atomic mass is 9.96. The summed E-state index contributed by atoms with van der Waals surface area (Å²) in [4.78, 5) is 27.7. The standard InChI is InChI=1S/C24H33N3O3/c1-5-9-20-22(21(6-2)27(25-20)19-13-11-17(4)12-14-19)23(28)26-15-8-10-18(16-26)24(29)30-7-3/h11-14,18H,5-10,15-16H2,1-4H3/t18-/m1/s1. The number of esters is 1. The third-order valence-corrected chi connectivity index (χ3v) is 5.70. The molecule has 1 aromatic heterocycles. The van der Waals surface area contributed by atoms with Gasteiger partial charge in [-0.15, -0.1) is 0 Å². The lowest BCUT2D eigenvalue weighted by Crippen LogP contribution is -2.43. The van der Waals surface area contributed by atoms with E-state index in [1.807, 2.05) is 28.6 Å². The molecule has 1 atom stereocenters. The smallest absolute Gasteiger partial charge is 0.310 e. The number of carbonyl (C=O) groups excluding carboxylic acids is 2. The van der Waals surface area contributed by atoms with E-state index in [9.17, 15) is 9.59 Å². The zero-order valence-corrected chi connectivity index (χ0v) is 18.6. The number of amides is 1. The van der Waals surface area contributed by atoms with Crippen LogP contribution in [0.15, 0.2) is 24.3 Å². The van der Waals surface area contributed by atoms with Crippen LogP contribution in [0.4, 0.5) is 0 Å². The Hall–Kier alpha value is -2.63. The van der Waals surface area contributed by atoms with Crippen molar-refractivity contribution in [3.63, 3.8) is 0 Å². The highest BCUT2D eigenvalue weighted by atomic mass is 16.5. The normalized spacial score (nSPS) is 16.5. The predicted molar refractivity (Wildman–Crippen MR) is 117 cm³/mol. The number of aromatic nitrogens is 2. The molecule has 0 aliphatic carbocycles. The van der Waals surface area contributed by atoms with Gasteiger partial charge in [-0.2, -0.15) is 5.10 Å². The molecular weight excluding hydrogens is 378 g/mol. The molecule has 1 aliphatic heterocycles. The number of ether oxygens (including phenoxy) is 1. The number of likely N-dealkylation sites (tertiary alicyclic amines) is 1. The van der Waals surface area contributed by atoms with Crippen LogP contribution < -0.4 is 0 Å². The molecule has 3 rings (SSSR count). The highest BCUT2D eigenvalue weighted by Crippen LogP contribution is 2.26. The van der Waals surface area contributed by atoms with E-state index in [4.69, 9.17) is 9.84 Å². The van der Waals surface area contributed by atoms with E-state index >= 15 is 0 Å². The largest absolute Gasteiger partial charge is 0.466 e. The summed E-state index contributed by atoms with van der Waals surface area (Å²) in [5.74, 6) is -0.452. The predicted octanol–water partition coefficient (Wildman–Crippen LogP) is 4.11. The second-order valence-corrected chi connectivity index (χ2v) is 7.96. The highest BCUT2D eigenvalue weighted by Gasteiger charge is 2.33. The van der Waals surface area contributed by atoms with Crippen molar-refractivity contribution in [1.29, 1.82) is 0 Å². The Labute approximate surface area is 179 Å². The molecule has 0 bridgehead atoms. The Kier molecular flexibility index (Phi) is 7.29. The van der Waals surface area contributed by atoms with Crippen LogP contribution in [0.25, 0.3) is 5.69 Å². The second kappa shape index (κ2) is 9.92. The van der Waals surface area contributed by atoms with Crippen LogP contribution in [0, 0.1) is 12.8 Å². The van der Waals surface area contributed by atoms with Gasteiger partial charge in [0.05, 0.1) is 35.2 Å². The summed E-state index contributed by atoms with van der Waals surface area (Å²) >= 11 is 0. The van der Waals surface area contributed by atoms with Gasteiger partial charge in [0.2, 0.25) is 0 Å². The van der Waals surface area contributed by atoms with E-state index in [1.54, 1.807) is 0 Å². The molecule has 162 valence electrons. The van der Waals surface area contributed by atoms with Gasteiger partial charge in [-0.1, -0.05) is 38.0 Å². The SMILES string of the molecule is CCCc1nn(-c2ccc(C)cc2)c(CC)c1C(=O)N1CCC[C@@H](C(=O)OCC)C1. The molecule has 0 spiro atoms. The van der Waals surface area contributed by atoms with E-state index in [-0.39, 0.29) is 17.8 Å². The van der Waals surface area contributed by atoms with Crippen molar-refractivity contribution < 1.29 is 14.3 Å². The number of hydrogen-bond donors (Lipinski definition) is 0. The Bertz CT molecular complexity index is 886. The number of carbonyl (C=O) groups is 2. The molecule has 1 aromatic carbocycles. The average molecular weight is 412 g/mol. The van der Waals surface area contributed by atoms with Crippen molar-refractivity contribution in [2.45, 2.75) is 59.8 Å². The van der Waals surface area contributed by atoms with Gasteiger partial charge in [0.25, 0.3) is 5.91 Å². The summed E-state index contributed by atoms with van der Waals surface area (Å²) in [5, 5.41) is 4.85. The van der Waals surface area contributed by atoms with Crippen molar-refractivity contribution in [2.24, 2.45) is 5.92 Å². The van der Waals surface area contributed by atoms with Crippen LogP contribution >= 0.6 is 0 Å². The molecule has 0 N–H and O–H groups in total. The molecule has 1 aliphatic rings. The van der Waals surface area contributed by atoms with Gasteiger partial charge in [-0.05, 0) is 51.7 Å². The first-order chi connectivity index (χ1) is 14.5. The zero-order chi connectivity index (χ0) is 21.7. The summed E-state index contributed by atoms with van der Waals surface area (Å²) < 4.78 is 7.12. The molecule has 1 amide bonds. The minimum Gasteiger partial charge on any atom is -0.466 e. The van der Waals surface area contributed by atoms with Gasteiger partial charge < -0.3 is 9.64 Å². The van der Waals surface area contributed by atoms with Gasteiger partial charge in [0.15, 0.2) is 0 Å². The Morgan fingerprint density at radius 1 is 1.17 bits per heavy atom. The fraction of sp³-hybridized carbons (Fsp3) is 0.542. The molecule has 30 heavy (non-hydrogen) atoms. The molecular formula is C24H33N3O3. The molecule has 1 fully saturated rings. The maximum Gasteiger partial charge on any atom is 0.310 e. The number of rotatable bonds is 7. The van der Waals surface area contributed by atoms with Gasteiger partial charge in [0, 0.05) is 13.1 Å². The fourth-order valence-electron chi connectivity index (χ4n) is 4.16. The van der Waals surface area contributed by atoms with Gasteiger partial charge in [0.1, 0.15) is 0 Å². The lowest BCUT2D eigenvalue weighted by Gasteiger charge is -2.31. The minimum absolute atomic E-state index is 0.0114. The number of nitrogens with zero attached hydrogens (tertiary/aromatic N) is 3. The quantitative estimate of drug-likeness (QED) is 0.643. The van der Waals surface area contributed by atoms with Crippen LogP contribution in [-0.2, 0) is 22.4 Å². The maximum absolute atomic E-state index is 13.6. The van der Waals surface area contributed by atoms with Crippen molar-refractivity contribution in [3.05, 3.63) is 46.8 Å². The van der Waals surface area contributed by atoms with Crippen LogP contribution in [0.3, 0.4) is 0 Å². The van der Waals surface area contributed by atoms with E-state index in [0.717, 1.165) is 42.8 Å². The zero-order valence-electron chi connectivity index (χ0n) is 18.6. The van der Waals surface area contributed by atoms with Crippen molar-refractivity contribution >= 4 is 11.9 Å². The highest BCUT2D eigenvalue weighted by molar-refractivity contribution is 5.97. The second-order valence-electron chi connectivity index (χ2n) is 7.96. The number of benzene rings is 1. The van der Waals surface area contributed by atoms with E-state index in [0.29, 0.717) is 31.7 Å². The Balaban J connectivity index is 1.96. The molecule has 0 radical (unpaired) electrons. The number of hydrogen-bond acceptors (Lipinski definition) is 4. The van der Waals surface area contributed by atoms with Gasteiger partial charge >= 0.3 is 5.97 Å². The molecule has 2 aromatic rings. The Morgan fingerprint density at radius 2 is 1.90 bits per heavy atom. The lowest BCUT2D eigenvalue weighted by molar-refractivity contribution is -0.149. The summed E-state index contributed by atoms with van der Waals surface area (Å²) in [6, 6.07) is 8.21. The van der Waals surface area contributed by atoms with Crippen molar-refractivity contribution in [1.82, 2.24) is 14.7 Å². The van der Waals surface area contributed by atoms with Crippen molar-refractivity contribution in [2.75, 3.05) is 19.7 Å². The van der Waals surface area contributed by atoms with E-state index < -0.39 is 0 Å². The molecule has 2 heterocycles. The minimum atomic E-state index is -0.241. The number of piperidine rings is 1. The van der Waals surface area contributed by atoms with Crippen LogP contribution in [0.1, 0.15) is 67.3 Å². The van der Waals surface area contributed by atoms with E-state index in [2.05, 4.69) is 32.9 Å². The monoisotopic (exact) mass is 411 g/mol. The third kappa shape index (κ3) is 4.58. The average Bonchev–Trinajstić information content (AvgIpc) is 3.12. The Morgan fingerprint density at radius 3 is 2.53 bits per heavy atom. The maximum atomic E-state index is 13.6. The third-order valence-electron chi connectivity index (χ3n) is 5.70. The fourth-order valence-corrected chi connectivity index (χ4v) is 4.16. The molecule has 1 saturated heterocycles. The molecule has 0 unspecified atom stereocenters. The number of aryl methyl sites for hydroxylation is 2. The first-order valence-corrected chi connectivity index (χ1v) is 11.1. The van der Waals surface area contributed by atoms with Gasteiger partial charge in [-0.3, -0.25) is 9.59 Å². The first kappa shape index (κ1) is 22.1.